The molecule has 0 aliphatic carbocycles. The van der Waals surface area contributed by atoms with Gasteiger partial charge in [-0.1, -0.05) is 65.1 Å². The molecule has 11 heteroatoms. The maximum Gasteiger partial charge on any atom is 0.264 e. The van der Waals surface area contributed by atoms with Crippen LogP contribution in [0.25, 0.3) is 0 Å². The lowest BCUT2D eigenvalue weighted by atomic mass is 10.1. The van der Waals surface area contributed by atoms with Gasteiger partial charge in [0.25, 0.3) is 10.0 Å². The average Bonchev–Trinajstić information content (AvgIpc) is 2.88. The lowest BCUT2D eigenvalue weighted by molar-refractivity contribution is -0.139. The molecule has 1 atom stereocenters. The highest BCUT2D eigenvalue weighted by atomic mass is 35.5. The third-order valence-corrected chi connectivity index (χ3v) is 8.84. The zero-order valence-corrected chi connectivity index (χ0v) is 25.1. The molecule has 0 heterocycles. The van der Waals surface area contributed by atoms with E-state index in [1.807, 2.05) is 13.8 Å². The Labute approximate surface area is 244 Å². The minimum absolute atomic E-state index is 0.00932. The van der Waals surface area contributed by atoms with Crippen molar-refractivity contribution >= 4 is 62.3 Å². The van der Waals surface area contributed by atoms with E-state index in [0.717, 1.165) is 4.31 Å². The number of nitrogens with zero attached hydrogens (tertiary/aromatic N) is 2. The van der Waals surface area contributed by atoms with Crippen LogP contribution in [0.1, 0.15) is 31.9 Å². The second-order valence-corrected chi connectivity index (χ2v) is 12.4. The summed E-state index contributed by atoms with van der Waals surface area (Å²) in [4.78, 5) is 28.3. The Morgan fingerprint density at radius 1 is 0.897 bits per heavy atom. The first kappa shape index (κ1) is 30.8. The third-order valence-electron chi connectivity index (χ3n) is 6.07. The lowest BCUT2D eigenvalue weighted by Crippen LogP contribution is -2.52. The Morgan fingerprint density at radius 2 is 1.56 bits per heavy atom. The van der Waals surface area contributed by atoms with Crippen molar-refractivity contribution in [2.75, 3.05) is 10.8 Å². The van der Waals surface area contributed by atoms with Crippen LogP contribution in [0.3, 0.4) is 0 Å². The van der Waals surface area contributed by atoms with Crippen molar-refractivity contribution < 1.29 is 18.0 Å². The molecule has 0 radical (unpaired) electrons. The first-order valence-electron chi connectivity index (χ1n) is 12.2. The van der Waals surface area contributed by atoms with Crippen LogP contribution < -0.4 is 9.62 Å². The molecule has 39 heavy (non-hydrogen) atoms. The first-order valence-corrected chi connectivity index (χ1v) is 14.8. The molecule has 0 saturated carbocycles. The van der Waals surface area contributed by atoms with Gasteiger partial charge >= 0.3 is 0 Å². The topological polar surface area (TPSA) is 86.8 Å². The van der Waals surface area contributed by atoms with Gasteiger partial charge in [0.2, 0.25) is 11.8 Å². The summed E-state index contributed by atoms with van der Waals surface area (Å²) in [6.45, 7) is 6.25. The summed E-state index contributed by atoms with van der Waals surface area (Å²) in [7, 11) is -4.19. The molecule has 1 unspecified atom stereocenters. The van der Waals surface area contributed by atoms with Crippen molar-refractivity contribution in [3.8, 4) is 0 Å². The van der Waals surface area contributed by atoms with E-state index in [1.165, 1.54) is 17.0 Å². The Kier molecular flexibility index (Phi) is 10.3. The van der Waals surface area contributed by atoms with Gasteiger partial charge in [-0.15, -0.1) is 0 Å². The number of hydrogen-bond donors (Lipinski definition) is 1. The maximum atomic E-state index is 14.0. The van der Waals surface area contributed by atoms with Gasteiger partial charge in [0.05, 0.1) is 10.6 Å². The molecule has 3 rings (SSSR count). The van der Waals surface area contributed by atoms with Gasteiger partial charge in [0.15, 0.2) is 0 Å². The molecule has 0 bridgehead atoms. The smallest absolute Gasteiger partial charge is 0.264 e. The number of carbonyl (C=O) groups is 2. The monoisotopic (exact) mass is 609 g/mol. The second kappa shape index (κ2) is 13.0. The molecular weight excluding hydrogens is 581 g/mol. The van der Waals surface area contributed by atoms with Crippen molar-refractivity contribution in [1.82, 2.24) is 10.2 Å². The van der Waals surface area contributed by atoms with Crippen LogP contribution in [0.5, 0.6) is 0 Å². The molecule has 0 spiro atoms. The number of amides is 2. The van der Waals surface area contributed by atoms with Crippen LogP contribution in [-0.2, 0) is 26.2 Å². The van der Waals surface area contributed by atoms with E-state index in [-0.39, 0.29) is 29.1 Å². The second-order valence-electron chi connectivity index (χ2n) is 9.31. The van der Waals surface area contributed by atoms with Gasteiger partial charge in [0.1, 0.15) is 12.6 Å². The number of hydrogen-bond acceptors (Lipinski definition) is 4. The van der Waals surface area contributed by atoms with Crippen LogP contribution in [0, 0.1) is 6.92 Å². The molecule has 0 aliphatic rings. The lowest BCUT2D eigenvalue weighted by Gasteiger charge is -2.33. The number of anilines is 1. The van der Waals surface area contributed by atoms with E-state index < -0.39 is 28.5 Å². The number of nitrogens with one attached hydrogen (secondary N) is 1. The van der Waals surface area contributed by atoms with Crippen LogP contribution >= 0.6 is 34.8 Å². The minimum Gasteiger partial charge on any atom is -0.352 e. The van der Waals surface area contributed by atoms with Crippen molar-refractivity contribution in [3.05, 3.63) is 92.9 Å². The zero-order chi connectivity index (χ0) is 28.9. The highest BCUT2D eigenvalue weighted by Gasteiger charge is 2.33. The average molecular weight is 611 g/mol. The summed E-state index contributed by atoms with van der Waals surface area (Å²) in [6, 6.07) is 16.4. The first-order chi connectivity index (χ1) is 18.3. The van der Waals surface area contributed by atoms with E-state index >= 15 is 0 Å². The number of sulfonamides is 1. The largest absolute Gasteiger partial charge is 0.352 e. The Hall–Kier alpha value is -2.78. The van der Waals surface area contributed by atoms with Gasteiger partial charge < -0.3 is 10.2 Å². The Bertz CT molecular complexity index is 1450. The Balaban J connectivity index is 2.09. The van der Waals surface area contributed by atoms with Crippen LogP contribution in [-0.4, -0.2) is 43.8 Å². The molecule has 0 aliphatic heterocycles. The molecule has 2 amide bonds. The van der Waals surface area contributed by atoms with Crippen LogP contribution in [0.15, 0.2) is 71.6 Å². The normalized spacial score (nSPS) is 12.2. The summed E-state index contributed by atoms with van der Waals surface area (Å²) >= 11 is 18.8. The van der Waals surface area contributed by atoms with Crippen molar-refractivity contribution in [2.24, 2.45) is 0 Å². The van der Waals surface area contributed by atoms with Gasteiger partial charge in [-0.25, -0.2) is 8.42 Å². The molecular formula is C28H30Cl3N3O4S. The molecule has 0 saturated heterocycles. The molecule has 208 valence electrons. The number of rotatable bonds is 10. The fraction of sp³-hybridized carbons (Fsp3) is 0.286. The minimum atomic E-state index is -4.19. The number of halogens is 3. The predicted molar refractivity (Wildman–Crippen MR) is 157 cm³/mol. The third kappa shape index (κ3) is 7.45. The fourth-order valence-electron chi connectivity index (χ4n) is 3.92. The van der Waals surface area contributed by atoms with Crippen LogP contribution in [0.2, 0.25) is 15.1 Å². The summed E-state index contributed by atoms with van der Waals surface area (Å²) in [5.74, 6) is -0.994. The van der Waals surface area contributed by atoms with Gasteiger partial charge in [-0.05, 0) is 75.2 Å². The van der Waals surface area contributed by atoms with E-state index in [1.54, 1.807) is 68.4 Å². The van der Waals surface area contributed by atoms with E-state index in [9.17, 15) is 18.0 Å². The van der Waals surface area contributed by atoms with E-state index in [2.05, 4.69) is 5.32 Å². The summed E-state index contributed by atoms with van der Waals surface area (Å²) in [5.41, 5.74) is 1.29. The highest BCUT2D eigenvalue weighted by Crippen LogP contribution is 2.31. The van der Waals surface area contributed by atoms with Crippen molar-refractivity contribution in [1.29, 1.82) is 0 Å². The molecule has 0 aromatic heterocycles. The van der Waals surface area contributed by atoms with E-state index in [4.69, 9.17) is 34.8 Å². The van der Waals surface area contributed by atoms with Gasteiger partial charge in [0, 0.05) is 27.7 Å². The molecule has 1 N–H and O–H groups in total. The Morgan fingerprint density at radius 3 is 2.18 bits per heavy atom. The summed E-state index contributed by atoms with van der Waals surface area (Å²) < 4.78 is 28.7. The molecule has 0 fully saturated rings. The standard InChI is InChI=1S/C28H30Cl3N3O4S/c1-18(2)32-28(36)20(4)33(16-21-13-14-22(29)15-25(21)31)27(35)17-34(26-12-8-11-24(30)19(26)3)39(37,38)23-9-6-5-7-10-23/h5-15,18,20H,16-17H2,1-4H3,(H,32,36). The van der Waals surface area contributed by atoms with Crippen LogP contribution in [0.4, 0.5) is 5.69 Å². The van der Waals surface area contributed by atoms with Gasteiger partial charge in [-0.2, -0.15) is 0 Å². The predicted octanol–water partition coefficient (Wildman–Crippen LogP) is 6.09. The quantitative estimate of drug-likeness (QED) is 0.301. The number of carbonyl (C=O) groups excluding carboxylic acids is 2. The van der Waals surface area contributed by atoms with Crippen molar-refractivity contribution in [2.45, 2.75) is 51.2 Å². The van der Waals surface area contributed by atoms with E-state index in [0.29, 0.717) is 26.2 Å². The molecule has 7 nitrogen and oxygen atoms in total. The molecule has 3 aromatic rings. The molecule has 3 aromatic carbocycles. The number of benzene rings is 3. The fourth-order valence-corrected chi connectivity index (χ4v) is 6.05. The van der Waals surface area contributed by atoms with Crippen molar-refractivity contribution in [3.63, 3.8) is 0 Å². The maximum absolute atomic E-state index is 14.0. The van der Waals surface area contributed by atoms with Gasteiger partial charge in [-0.3, -0.25) is 13.9 Å². The SMILES string of the molecule is Cc1c(Cl)cccc1N(CC(=O)N(Cc1ccc(Cl)cc1Cl)C(C)C(=O)NC(C)C)S(=O)(=O)c1ccccc1. The summed E-state index contributed by atoms with van der Waals surface area (Å²) in [6.07, 6.45) is 0. The highest BCUT2D eigenvalue weighted by molar-refractivity contribution is 7.92. The summed E-state index contributed by atoms with van der Waals surface area (Å²) in [5, 5.41) is 3.89. The zero-order valence-electron chi connectivity index (χ0n) is 22.0.